The second-order valence-electron chi connectivity index (χ2n) is 6.75. The fourth-order valence-electron chi connectivity index (χ4n) is 2.20. The first-order valence-corrected chi connectivity index (χ1v) is 8.24. The van der Waals surface area contributed by atoms with Crippen molar-refractivity contribution in [2.24, 2.45) is 0 Å². The van der Waals surface area contributed by atoms with E-state index in [1.165, 1.54) is 0 Å². The van der Waals surface area contributed by atoms with Crippen molar-refractivity contribution in [3.05, 3.63) is 59.7 Å². The molecule has 6 heteroatoms. The molecule has 2 rings (SSSR count). The maximum absolute atomic E-state index is 12.3. The number of nitrogens with one attached hydrogen (secondary N) is 1. The van der Waals surface area contributed by atoms with E-state index in [9.17, 15) is 9.59 Å². The highest BCUT2D eigenvalue weighted by molar-refractivity contribution is 5.94. The van der Waals surface area contributed by atoms with Gasteiger partial charge in [0.2, 0.25) is 0 Å². The molecule has 0 spiro atoms. The van der Waals surface area contributed by atoms with E-state index in [4.69, 9.17) is 14.6 Å². The lowest BCUT2D eigenvalue weighted by Crippen LogP contribution is -2.24. The van der Waals surface area contributed by atoms with Crippen molar-refractivity contribution in [1.82, 2.24) is 5.32 Å². The molecule has 2 aromatic carbocycles. The number of hydrogen-bond donors (Lipinski definition) is 2. The summed E-state index contributed by atoms with van der Waals surface area (Å²) in [6.45, 7) is 5.79. The van der Waals surface area contributed by atoms with E-state index in [1.54, 1.807) is 42.5 Å². The summed E-state index contributed by atoms with van der Waals surface area (Å²) in [5, 5.41) is 11.5. The van der Waals surface area contributed by atoms with E-state index in [-0.39, 0.29) is 11.5 Å². The van der Waals surface area contributed by atoms with Crippen LogP contribution in [0.25, 0.3) is 0 Å². The molecule has 138 valence electrons. The number of carboxylic acid groups (broad SMARTS) is 1. The maximum Gasteiger partial charge on any atom is 0.341 e. The van der Waals surface area contributed by atoms with Gasteiger partial charge in [0.15, 0.2) is 6.61 Å². The van der Waals surface area contributed by atoms with Crippen LogP contribution in [0.5, 0.6) is 11.5 Å². The lowest BCUT2D eigenvalue weighted by atomic mass is 10.1. The Morgan fingerprint density at radius 3 is 2.35 bits per heavy atom. The topological polar surface area (TPSA) is 84.9 Å². The molecular formula is C20H23NO5. The van der Waals surface area contributed by atoms with Crippen molar-refractivity contribution in [3.8, 4) is 11.5 Å². The van der Waals surface area contributed by atoms with E-state index in [1.807, 2.05) is 26.8 Å². The molecule has 0 aliphatic heterocycles. The van der Waals surface area contributed by atoms with Crippen LogP contribution in [0, 0.1) is 0 Å². The quantitative estimate of drug-likeness (QED) is 0.794. The molecule has 0 unspecified atom stereocenters. The van der Waals surface area contributed by atoms with Crippen LogP contribution >= 0.6 is 0 Å². The molecule has 0 aliphatic rings. The minimum absolute atomic E-state index is 0.204. The third kappa shape index (κ3) is 6.47. The molecule has 0 aliphatic carbocycles. The van der Waals surface area contributed by atoms with E-state index in [2.05, 4.69) is 5.32 Å². The minimum atomic E-state index is -1.04. The van der Waals surface area contributed by atoms with Crippen LogP contribution in [0.3, 0.4) is 0 Å². The van der Waals surface area contributed by atoms with Gasteiger partial charge in [-0.05, 0) is 62.7 Å². The average Bonchev–Trinajstić information content (AvgIpc) is 2.57. The van der Waals surface area contributed by atoms with Gasteiger partial charge in [-0.1, -0.05) is 12.1 Å². The SMILES string of the molecule is CC(C)(C)Oc1ccc(C(=O)NCc2cccc(OCC(=O)O)c2)cc1. The van der Waals surface area contributed by atoms with Crippen LogP contribution in [0.15, 0.2) is 48.5 Å². The van der Waals surface area contributed by atoms with Gasteiger partial charge in [-0.25, -0.2) is 4.79 Å². The van der Waals surface area contributed by atoms with Gasteiger partial charge in [-0.2, -0.15) is 0 Å². The Labute approximate surface area is 152 Å². The normalized spacial score (nSPS) is 10.9. The van der Waals surface area contributed by atoms with Crippen LogP contribution in [0.4, 0.5) is 0 Å². The second kappa shape index (κ2) is 8.38. The molecule has 0 aromatic heterocycles. The van der Waals surface area contributed by atoms with Crippen LogP contribution in [-0.4, -0.2) is 29.2 Å². The van der Waals surface area contributed by atoms with Crippen molar-refractivity contribution >= 4 is 11.9 Å². The smallest absolute Gasteiger partial charge is 0.341 e. The molecular weight excluding hydrogens is 334 g/mol. The fraction of sp³-hybridized carbons (Fsp3) is 0.300. The number of ether oxygens (including phenoxy) is 2. The molecule has 0 bridgehead atoms. The first-order valence-electron chi connectivity index (χ1n) is 8.24. The Morgan fingerprint density at radius 1 is 1.04 bits per heavy atom. The first-order chi connectivity index (χ1) is 12.2. The first kappa shape index (κ1) is 19.3. The zero-order valence-corrected chi connectivity index (χ0v) is 15.1. The minimum Gasteiger partial charge on any atom is -0.488 e. The monoisotopic (exact) mass is 357 g/mol. The van der Waals surface area contributed by atoms with Crippen LogP contribution in [0.2, 0.25) is 0 Å². The highest BCUT2D eigenvalue weighted by atomic mass is 16.5. The Balaban J connectivity index is 1.92. The number of amides is 1. The molecule has 1 amide bonds. The number of rotatable bonds is 7. The molecule has 2 aromatic rings. The summed E-state index contributed by atoms with van der Waals surface area (Å²) in [7, 11) is 0. The molecule has 0 heterocycles. The number of carbonyl (C=O) groups is 2. The number of aliphatic carboxylic acids is 1. The maximum atomic E-state index is 12.3. The summed E-state index contributed by atoms with van der Waals surface area (Å²) in [5.41, 5.74) is 1.05. The Hall–Kier alpha value is -3.02. The van der Waals surface area contributed by atoms with Crippen molar-refractivity contribution < 1.29 is 24.2 Å². The van der Waals surface area contributed by atoms with E-state index >= 15 is 0 Å². The third-order valence-corrected chi connectivity index (χ3v) is 3.25. The zero-order valence-electron chi connectivity index (χ0n) is 15.1. The molecule has 2 N–H and O–H groups in total. The summed E-state index contributed by atoms with van der Waals surface area (Å²) in [5.74, 6) is -0.0908. The summed E-state index contributed by atoms with van der Waals surface area (Å²) in [6, 6.07) is 13.9. The lowest BCUT2D eigenvalue weighted by Gasteiger charge is -2.21. The van der Waals surface area contributed by atoms with Gasteiger partial charge in [0, 0.05) is 12.1 Å². The van der Waals surface area contributed by atoms with Crippen LogP contribution in [0.1, 0.15) is 36.7 Å². The Morgan fingerprint density at radius 2 is 1.73 bits per heavy atom. The zero-order chi connectivity index (χ0) is 19.2. The van der Waals surface area contributed by atoms with Gasteiger partial charge in [-0.15, -0.1) is 0 Å². The van der Waals surface area contributed by atoms with Crippen molar-refractivity contribution in [1.29, 1.82) is 0 Å². The molecule has 0 atom stereocenters. The Bertz CT molecular complexity index is 763. The van der Waals surface area contributed by atoms with Gasteiger partial charge >= 0.3 is 5.97 Å². The number of carboxylic acids is 1. The lowest BCUT2D eigenvalue weighted by molar-refractivity contribution is -0.139. The van der Waals surface area contributed by atoms with E-state index in [0.29, 0.717) is 23.6 Å². The molecule has 6 nitrogen and oxygen atoms in total. The largest absolute Gasteiger partial charge is 0.488 e. The van der Waals surface area contributed by atoms with Gasteiger partial charge in [0.25, 0.3) is 5.91 Å². The molecule has 0 fully saturated rings. The molecule has 0 saturated heterocycles. The van der Waals surface area contributed by atoms with Gasteiger partial charge in [0.05, 0.1) is 0 Å². The van der Waals surface area contributed by atoms with Gasteiger partial charge < -0.3 is 19.9 Å². The third-order valence-electron chi connectivity index (χ3n) is 3.25. The predicted octanol–water partition coefficient (Wildman–Crippen LogP) is 3.26. The highest BCUT2D eigenvalue weighted by Gasteiger charge is 2.12. The molecule has 26 heavy (non-hydrogen) atoms. The van der Waals surface area contributed by atoms with E-state index in [0.717, 1.165) is 5.56 Å². The second-order valence-corrected chi connectivity index (χ2v) is 6.75. The number of carbonyl (C=O) groups excluding carboxylic acids is 1. The average molecular weight is 357 g/mol. The van der Waals surface area contributed by atoms with E-state index < -0.39 is 12.6 Å². The standard InChI is InChI=1S/C20H23NO5/c1-20(2,3)26-16-9-7-15(8-10-16)19(24)21-12-14-5-4-6-17(11-14)25-13-18(22)23/h4-11H,12-13H2,1-3H3,(H,21,24)(H,22,23). The van der Waals surface area contributed by atoms with Crippen molar-refractivity contribution in [2.75, 3.05) is 6.61 Å². The molecule has 0 saturated carbocycles. The highest BCUT2D eigenvalue weighted by Crippen LogP contribution is 2.18. The summed E-state index contributed by atoms with van der Waals surface area (Å²) in [4.78, 5) is 22.8. The van der Waals surface area contributed by atoms with Crippen molar-refractivity contribution in [2.45, 2.75) is 32.9 Å². The van der Waals surface area contributed by atoms with Crippen LogP contribution in [-0.2, 0) is 11.3 Å². The Kier molecular flexibility index (Phi) is 6.22. The van der Waals surface area contributed by atoms with Crippen LogP contribution < -0.4 is 14.8 Å². The van der Waals surface area contributed by atoms with Gasteiger partial charge in [-0.3, -0.25) is 4.79 Å². The van der Waals surface area contributed by atoms with Crippen molar-refractivity contribution in [3.63, 3.8) is 0 Å². The number of hydrogen-bond acceptors (Lipinski definition) is 4. The van der Waals surface area contributed by atoms with Gasteiger partial charge in [0.1, 0.15) is 17.1 Å². The number of benzene rings is 2. The molecule has 0 radical (unpaired) electrons. The predicted molar refractivity (Wildman–Crippen MR) is 97.6 cm³/mol. The summed E-state index contributed by atoms with van der Waals surface area (Å²) >= 11 is 0. The summed E-state index contributed by atoms with van der Waals surface area (Å²) in [6.07, 6.45) is 0. The summed E-state index contributed by atoms with van der Waals surface area (Å²) < 4.78 is 10.9. The fourth-order valence-corrected chi connectivity index (χ4v) is 2.20.